The van der Waals surface area contributed by atoms with E-state index < -0.39 is 0 Å². The quantitative estimate of drug-likeness (QED) is 0.386. The van der Waals surface area contributed by atoms with E-state index in [0.717, 1.165) is 60.7 Å². The molecule has 0 unspecified atom stereocenters. The third-order valence-electron chi connectivity index (χ3n) is 6.35. The Kier molecular flexibility index (Phi) is 5.24. The van der Waals surface area contributed by atoms with Crippen molar-refractivity contribution in [2.45, 2.75) is 26.3 Å². The average Bonchev–Trinajstić information content (AvgIpc) is 2.83. The van der Waals surface area contributed by atoms with Gasteiger partial charge in [-0.3, -0.25) is 4.90 Å². The minimum atomic E-state index is 0.786. The number of benzene rings is 3. The third-order valence-corrected chi connectivity index (χ3v) is 6.35. The molecule has 4 heteroatoms. The van der Waals surface area contributed by atoms with Gasteiger partial charge in [0.25, 0.3) is 0 Å². The highest BCUT2D eigenvalue weighted by molar-refractivity contribution is 6.09. The Morgan fingerprint density at radius 3 is 2.65 bits per heavy atom. The van der Waals surface area contributed by atoms with Crippen LogP contribution in [0.25, 0.3) is 32.9 Å². The zero-order valence-electron chi connectivity index (χ0n) is 18.4. The van der Waals surface area contributed by atoms with E-state index >= 15 is 0 Å². The summed E-state index contributed by atoms with van der Waals surface area (Å²) in [5.74, 6) is 1.58. The lowest BCUT2D eigenvalue weighted by Gasteiger charge is -2.31. The fourth-order valence-electron chi connectivity index (χ4n) is 4.89. The van der Waals surface area contributed by atoms with Gasteiger partial charge in [0, 0.05) is 30.1 Å². The molecular weight excluding hydrogens is 384 g/mol. The highest BCUT2D eigenvalue weighted by Gasteiger charge is 2.25. The van der Waals surface area contributed by atoms with Gasteiger partial charge >= 0.3 is 0 Å². The molecule has 0 saturated carbocycles. The number of ether oxygens (including phenoxy) is 2. The lowest BCUT2D eigenvalue weighted by Crippen LogP contribution is -2.32. The molecule has 158 valence electrons. The molecule has 0 N–H and O–H groups in total. The smallest absolute Gasteiger partial charge is 0.131 e. The zero-order valence-corrected chi connectivity index (χ0v) is 18.4. The highest BCUT2D eigenvalue weighted by atomic mass is 16.5. The number of hydrogen-bond acceptors (Lipinski definition) is 4. The largest absolute Gasteiger partial charge is 0.497 e. The lowest BCUT2D eigenvalue weighted by molar-refractivity contribution is 0.255. The van der Waals surface area contributed by atoms with Crippen LogP contribution in [-0.2, 0) is 13.0 Å². The van der Waals surface area contributed by atoms with Crippen molar-refractivity contribution in [3.05, 3.63) is 65.7 Å². The topological polar surface area (TPSA) is 34.6 Å². The van der Waals surface area contributed by atoms with Crippen LogP contribution in [0.3, 0.4) is 0 Å². The summed E-state index contributed by atoms with van der Waals surface area (Å²) in [7, 11) is 3.39. The molecule has 0 bridgehead atoms. The Hall–Kier alpha value is -3.11. The van der Waals surface area contributed by atoms with Crippen LogP contribution in [0.2, 0.25) is 0 Å². The van der Waals surface area contributed by atoms with Crippen molar-refractivity contribution in [3.8, 4) is 22.8 Å². The van der Waals surface area contributed by atoms with Crippen molar-refractivity contribution >= 4 is 21.7 Å². The molecule has 0 aliphatic carbocycles. The van der Waals surface area contributed by atoms with Gasteiger partial charge in [0.1, 0.15) is 11.5 Å². The first-order chi connectivity index (χ1) is 15.2. The predicted octanol–water partition coefficient (Wildman–Crippen LogP) is 5.84. The predicted molar refractivity (Wildman–Crippen MR) is 127 cm³/mol. The number of fused-ring (bicyclic) bond motifs is 5. The van der Waals surface area contributed by atoms with Crippen LogP contribution in [0.4, 0.5) is 0 Å². The molecule has 1 aromatic heterocycles. The van der Waals surface area contributed by atoms with E-state index in [-0.39, 0.29) is 0 Å². The van der Waals surface area contributed by atoms with Crippen LogP contribution in [0, 0.1) is 0 Å². The third kappa shape index (κ3) is 3.41. The Morgan fingerprint density at radius 2 is 1.84 bits per heavy atom. The molecule has 0 fully saturated rings. The highest BCUT2D eigenvalue weighted by Crippen LogP contribution is 2.40. The second-order valence-corrected chi connectivity index (χ2v) is 8.19. The van der Waals surface area contributed by atoms with E-state index in [1.54, 1.807) is 14.2 Å². The first kappa shape index (κ1) is 19.8. The van der Waals surface area contributed by atoms with E-state index in [1.807, 2.05) is 12.1 Å². The van der Waals surface area contributed by atoms with Gasteiger partial charge in [-0.15, -0.1) is 0 Å². The number of aromatic nitrogens is 1. The molecule has 31 heavy (non-hydrogen) atoms. The summed E-state index contributed by atoms with van der Waals surface area (Å²) in [5.41, 5.74) is 5.86. The second-order valence-electron chi connectivity index (χ2n) is 8.19. The van der Waals surface area contributed by atoms with E-state index in [4.69, 9.17) is 14.5 Å². The van der Waals surface area contributed by atoms with Crippen LogP contribution in [0.1, 0.15) is 24.5 Å². The van der Waals surface area contributed by atoms with Crippen LogP contribution >= 0.6 is 0 Å². The van der Waals surface area contributed by atoms with Crippen molar-refractivity contribution in [2.75, 3.05) is 27.3 Å². The standard InChI is InChI=1S/C27H28N2O2/c1-4-14-29-15-13-21-23(17-29)27(22-11-10-19(30-2)16-25(22)31-3)28-24-12-9-18-7-5-6-8-20(18)26(21)24/h5-12,16H,4,13-15,17H2,1-3H3. The van der Waals surface area contributed by atoms with Crippen molar-refractivity contribution in [3.63, 3.8) is 0 Å². The first-order valence-corrected chi connectivity index (χ1v) is 11.0. The van der Waals surface area contributed by atoms with Crippen molar-refractivity contribution in [1.29, 1.82) is 0 Å². The number of methoxy groups -OCH3 is 2. The van der Waals surface area contributed by atoms with Crippen molar-refractivity contribution < 1.29 is 9.47 Å². The minimum absolute atomic E-state index is 0.786. The SMILES string of the molecule is CCCN1CCc2c(c(-c3ccc(OC)cc3OC)nc3ccc4ccccc4c23)C1. The van der Waals surface area contributed by atoms with Crippen LogP contribution in [0.5, 0.6) is 11.5 Å². The average molecular weight is 413 g/mol. The van der Waals surface area contributed by atoms with Gasteiger partial charge in [-0.2, -0.15) is 0 Å². The molecule has 5 rings (SSSR count). The summed E-state index contributed by atoms with van der Waals surface area (Å²) in [6, 6.07) is 19.0. The van der Waals surface area contributed by atoms with Gasteiger partial charge in [-0.25, -0.2) is 4.98 Å². The Balaban J connectivity index is 1.81. The molecule has 0 atom stereocenters. The maximum absolute atomic E-state index is 5.76. The summed E-state index contributed by atoms with van der Waals surface area (Å²) < 4.78 is 11.2. The van der Waals surface area contributed by atoms with E-state index in [1.165, 1.54) is 27.3 Å². The number of rotatable bonds is 5. The molecule has 0 amide bonds. The molecule has 1 aliphatic rings. The zero-order chi connectivity index (χ0) is 21.4. The Bertz CT molecular complexity index is 1270. The van der Waals surface area contributed by atoms with Gasteiger partial charge in [-0.1, -0.05) is 37.3 Å². The minimum Gasteiger partial charge on any atom is -0.497 e. The summed E-state index contributed by atoms with van der Waals surface area (Å²) in [6.07, 6.45) is 2.19. The summed E-state index contributed by atoms with van der Waals surface area (Å²) in [6.45, 7) is 5.35. The van der Waals surface area contributed by atoms with Gasteiger partial charge in [0.05, 0.1) is 25.4 Å². The Labute approximate surface area is 183 Å². The molecule has 0 radical (unpaired) electrons. The summed E-state index contributed by atoms with van der Waals surface area (Å²) in [5, 5.41) is 3.87. The van der Waals surface area contributed by atoms with Gasteiger partial charge in [0.15, 0.2) is 0 Å². The number of pyridine rings is 1. The maximum Gasteiger partial charge on any atom is 0.131 e. The second kappa shape index (κ2) is 8.20. The molecule has 0 saturated heterocycles. The van der Waals surface area contributed by atoms with Gasteiger partial charge < -0.3 is 9.47 Å². The summed E-state index contributed by atoms with van der Waals surface area (Å²) >= 11 is 0. The molecule has 4 nitrogen and oxygen atoms in total. The molecule has 4 aromatic rings. The normalized spacial score (nSPS) is 14.0. The van der Waals surface area contributed by atoms with E-state index in [9.17, 15) is 0 Å². The van der Waals surface area contributed by atoms with Crippen LogP contribution < -0.4 is 9.47 Å². The monoisotopic (exact) mass is 412 g/mol. The lowest BCUT2D eigenvalue weighted by atomic mass is 9.89. The van der Waals surface area contributed by atoms with Crippen molar-refractivity contribution in [1.82, 2.24) is 9.88 Å². The van der Waals surface area contributed by atoms with Crippen LogP contribution in [-0.4, -0.2) is 37.2 Å². The molecule has 1 aliphatic heterocycles. The number of hydrogen-bond donors (Lipinski definition) is 0. The molecular formula is C27H28N2O2. The fourth-order valence-corrected chi connectivity index (χ4v) is 4.89. The number of nitrogens with zero attached hydrogens (tertiary/aromatic N) is 2. The first-order valence-electron chi connectivity index (χ1n) is 11.0. The Morgan fingerprint density at radius 1 is 0.968 bits per heavy atom. The van der Waals surface area contributed by atoms with Crippen LogP contribution in [0.15, 0.2) is 54.6 Å². The molecule has 2 heterocycles. The van der Waals surface area contributed by atoms with E-state index in [0.29, 0.717) is 0 Å². The fraction of sp³-hybridized carbons (Fsp3) is 0.296. The molecule has 0 spiro atoms. The van der Waals surface area contributed by atoms with Gasteiger partial charge in [-0.05, 0) is 59.5 Å². The maximum atomic E-state index is 5.76. The summed E-state index contributed by atoms with van der Waals surface area (Å²) in [4.78, 5) is 7.76. The van der Waals surface area contributed by atoms with Gasteiger partial charge in [0.2, 0.25) is 0 Å². The molecule has 3 aromatic carbocycles. The van der Waals surface area contributed by atoms with E-state index in [2.05, 4.69) is 54.3 Å². The van der Waals surface area contributed by atoms with Crippen molar-refractivity contribution in [2.24, 2.45) is 0 Å².